The Labute approximate surface area is 153 Å². The molecule has 0 aromatic heterocycles. The first kappa shape index (κ1) is 18.4. The maximum Gasteiger partial charge on any atom is 0.407 e. The minimum Gasteiger partial charge on any atom is -0.445 e. The molecule has 26 heavy (non-hydrogen) atoms. The molecule has 2 aromatic rings. The fraction of sp³-hybridized carbons (Fsp3) is 0.381. The predicted molar refractivity (Wildman–Crippen MR) is 98.5 cm³/mol. The van der Waals surface area contributed by atoms with Crippen molar-refractivity contribution in [3.63, 3.8) is 0 Å². The van der Waals surface area contributed by atoms with Gasteiger partial charge in [-0.1, -0.05) is 60.7 Å². The quantitative estimate of drug-likeness (QED) is 0.833. The van der Waals surface area contributed by atoms with Crippen LogP contribution in [0.3, 0.4) is 0 Å². The molecule has 3 rings (SSSR count). The molecule has 1 atom stereocenters. The number of benzene rings is 2. The Morgan fingerprint density at radius 3 is 2.31 bits per heavy atom. The summed E-state index contributed by atoms with van der Waals surface area (Å²) in [5.41, 5.74) is 1.44. The molecule has 1 unspecified atom stereocenters. The van der Waals surface area contributed by atoms with E-state index in [2.05, 4.69) is 5.32 Å². The number of aliphatic hydroxyl groups is 1. The Balaban J connectivity index is 1.74. The van der Waals surface area contributed by atoms with Crippen LogP contribution in [-0.2, 0) is 16.1 Å². The molecule has 0 spiro atoms. The highest BCUT2D eigenvalue weighted by Crippen LogP contribution is 2.42. The van der Waals surface area contributed by atoms with Gasteiger partial charge in [0.05, 0.1) is 12.6 Å². The number of alkyl carbamates (subject to hydrolysis) is 1. The Kier molecular flexibility index (Phi) is 6.26. The van der Waals surface area contributed by atoms with E-state index in [9.17, 15) is 9.90 Å². The van der Waals surface area contributed by atoms with Gasteiger partial charge in [-0.05, 0) is 24.0 Å². The average Bonchev–Trinajstić information content (AvgIpc) is 2.72. The monoisotopic (exact) mass is 355 g/mol. The number of rotatable bonds is 6. The lowest BCUT2D eigenvalue weighted by Gasteiger charge is -2.42. The van der Waals surface area contributed by atoms with Gasteiger partial charge < -0.3 is 19.9 Å². The Morgan fingerprint density at radius 1 is 1.08 bits per heavy atom. The maximum absolute atomic E-state index is 12.5. The van der Waals surface area contributed by atoms with Crippen LogP contribution in [-0.4, -0.2) is 31.0 Å². The molecular weight excluding hydrogens is 330 g/mol. The molecule has 1 fully saturated rings. The third-order valence-electron chi connectivity index (χ3n) is 5.02. The number of ether oxygens (including phenoxy) is 2. The van der Waals surface area contributed by atoms with Gasteiger partial charge >= 0.3 is 6.09 Å². The summed E-state index contributed by atoms with van der Waals surface area (Å²) in [6.45, 7) is 1.34. The molecule has 0 saturated carbocycles. The zero-order valence-electron chi connectivity index (χ0n) is 14.8. The van der Waals surface area contributed by atoms with Gasteiger partial charge in [0, 0.05) is 18.6 Å². The van der Waals surface area contributed by atoms with Crippen LogP contribution >= 0.6 is 0 Å². The molecular formula is C21H25NO4. The first-order chi connectivity index (χ1) is 12.7. The molecule has 1 amide bonds. The molecule has 2 aromatic carbocycles. The van der Waals surface area contributed by atoms with Crippen LogP contribution in [0.1, 0.15) is 30.0 Å². The van der Waals surface area contributed by atoms with E-state index in [1.165, 1.54) is 0 Å². The lowest BCUT2D eigenvalue weighted by Crippen LogP contribution is -2.46. The van der Waals surface area contributed by atoms with Crippen molar-refractivity contribution in [1.29, 1.82) is 0 Å². The lowest BCUT2D eigenvalue weighted by molar-refractivity contribution is -0.0380. The summed E-state index contributed by atoms with van der Waals surface area (Å²) in [5.74, 6) is 0. The molecule has 1 heterocycles. The van der Waals surface area contributed by atoms with Gasteiger partial charge in [0.2, 0.25) is 0 Å². The van der Waals surface area contributed by atoms with Crippen LogP contribution in [0.2, 0.25) is 0 Å². The SMILES string of the molecule is O=C(NC(c1ccccc1)C1(CO)CCOCC1)OCc1ccccc1. The van der Waals surface area contributed by atoms with E-state index in [1.807, 2.05) is 60.7 Å². The number of hydrogen-bond acceptors (Lipinski definition) is 4. The zero-order valence-corrected chi connectivity index (χ0v) is 14.8. The summed E-state index contributed by atoms with van der Waals surface area (Å²) >= 11 is 0. The number of amides is 1. The highest BCUT2D eigenvalue weighted by Gasteiger charge is 2.41. The van der Waals surface area contributed by atoms with E-state index in [4.69, 9.17) is 9.47 Å². The summed E-state index contributed by atoms with van der Waals surface area (Å²) < 4.78 is 10.9. The van der Waals surface area contributed by atoms with Crippen LogP contribution in [0.4, 0.5) is 4.79 Å². The summed E-state index contributed by atoms with van der Waals surface area (Å²) in [4.78, 5) is 12.5. The van der Waals surface area contributed by atoms with Crippen molar-refractivity contribution in [2.75, 3.05) is 19.8 Å². The second-order valence-electron chi connectivity index (χ2n) is 6.68. The van der Waals surface area contributed by atoms with Crippen molar-refractivity contribution >= 4 is 6.09 Å². The standard InChI is InChI=1S/C21H25NO4/c23-16-21(11-13-25-14-12-21)19(18-9-5-2-6-10-18)22-20(24)26-15-17-7-3-1-4-8-17/h1-10,19,23H,11-16H2,(H,22,24). The molecule has 1 aliphatic rings. The van der Waals surface area contributed by atoms with E-state index in [1.54, 1.807) is 0 Å². The second kappa shape index (κ2) is 8.83. The first-order valence-corrected chi connectivity index (χ1v) is 8.94. The zero-order chi connectivity index (χ0) is 18.2. The second-order valence-corrected chi connectivity index (χ2v) is 6.68. The fourth-order valence-corrected chi connectivity index (χ4v) is 3.43. The van der Waals surface area contributed by atoms with Gasteiger partial charge in [0.1, 0.15) is 6.61 Å². The lowest BCUT2D eigenvalue weighted by atomic mass is 9.72. The number of carbonyl (C=O) groups excluding carboxylic acids is 1. The van der Waals surface area contributed by atoms with Crippen molar-refractivity contribution in [3.8, 4) is 0 Å². The molecule has 138 valence electrons. The van der Waals surface area contributed by atoms with Crippen molar-refractivity contribution in [2.45, 2.75) is 25.5 Å². The molecule has 0 bridgehead atoms. The molecule has 5 heteroatoms. The van der Waals surface area contributed by atoms with E-state index in [-0.39, 0.29) is 19.3 Å². The predicted octanol–water partition coefficient (Wildman–Crippen LogP) is 3.44. The normalized spacial score (nSPS) is 17.3. The summed E-state index contributed by atoms with van der Waals surface area (Å²) in [6, 6.07) is 19.0. The third-order valence-corrected chi connectivity index (χ3v) is 5.02. The van der Waals surface area contributed by atoms with Crippen LogP contribution < -0.4 is 5.32 Å². The minimum atomic E-state index is -0.484. The van der Waals surface area contributed by atoms with Crippen molar-refractivity contribution in [1.82, 2.24) is 5.32 Å². The van der Waals surface area contributed by atoms with Crippen molar-refractivity contribution < 1.29 is 19.4 Å². The van der Waals surface area contributed by atoms with Crippen LogP contribution in [0, 0.1) is 5.41 Å². The topological polar surface area (TPSA) is 67.8 Å². The van der Waals surface area contributed by atoms with Gasteiger partial charge in [-0.25, -0.2) is 4.79 Å². The molecule has 0 aliphatic carbocycles. The van der Waals surface area contributed by atoms with Gasteiger partial charge in [-0.2, -0.15) is 0 Å². The highest BCUT2D eigenvalue weighted by molar-refractivity contribution is 5.68. The number of carbonyl (C=O) groups is 1. The van der Waals surface area contributed by atoms with Crippen molar-refractivity contribution in [3.05, 3.63) is 71.8 Å². The highest BCUT2D eigenvalue weighted by atomic mass is 16.5. The van der Waals surface area contributed by atoms with Gasteiger partial charge in [0.15, 0.2) is 0 Å². The number of aliphatic hydroxyl groups excluding tert-OH is 1. The molecule has 0 radical (unpaired) electrons. The summed E-state index contributed by atoms with van der Waals surface area (Å²) in [6.07, 6.45) is 0.881. The van der Waals surface area contributed by atoms with Crippen LogP contribution in [0.25, 0.3) is 0 Å². The van der Waals surface area contributed by atoms with E-state index in [0.29, 0.717) is 26.1 Å². The average molecular weight is 355 g/mol. The Bertz CT molecular complexity index is 684. The first-order valence-electron chi connectivity index (χ1n) is 8.94. The largest absolute Gasteiger partial charge is 0.445 e. The van der Waals surface area contributed by atoms with Crippen LogP contribution in [0.15, 0.2) is 60.7 Å². The summed E-state index contributed by atoms with van der Waals surface area (Å²) in [7, 11) is 0. The Hall–Kier alpha value is -2.37. The van der Waals surface area contributed by atoms with E-state index < -0.39 is 11.5 Å². The number of nitrogens with one attached hydrogen (secondary N) is 1. The van der Waals surface area contributed by atoms with Gasteiger partial charge in [0.25, 0.3) is 0 Å². The van der Waals surface area contributed by atoms with Gasteiger partial charge in [-0.3, -0.25) is 0 Å². The Morgan fingerprint density at radius 2 is 1.69 bits per heavy atom. The van der Waals surface area contributed by atoms with E-state index >= 15 is 0 Å². The molecule has 2 N–H and O–H groups in total. The van der Waals surface area contributed by atoms with Crippen molar-refractivity contribution in [2.24, 2.45) is 5.41 Å². The molecule has 1 aliphatic heterocycles. The molecule has 1 saturated heterocycles. The number of hydrogen-bond donors (Lipinski definition) is 2. The van der Waals surface area contributed by atoms with Gasteiger partial charge in [-0.15, -0.1) is 0 Å². The van der Waals surface area contributed by atoms with Crippen LogP contribution in [0.5, 0.6) is 0 Å². The minimum absolute atomic E-state index is 0.0190. The summed E-state index contributed by atoms with van der Waals surface area (Å²) in [5, 5.41) is 13.1. The smallest absolute Gasteiger partial charge is 0.407 e. The fourth-order valence-electron chi connectivity index (χ4n) is 3.43. The van der Waals surface area contributed by atoms with E-state index in [0.717, 1.165) is 11.1 Å². The molecule has 5 nitrogen and oxygen atoms in total. The maximum atomic E-state index is 12.5. The third kappa shape index (κ3) is 4.42.